The first-order valence-corrected chi connectivity index (χ1v) is 20.3. The van der Waals surface area contributed by atoms with Crippen LogP contribution >= 0.6 is 0 Å². The fourth-order valence-corrected chi connectivity index (χ4v) is 8.63. The van der Waals surface area contributed by atoms with Crippen LogP contribution in [0.1, 0.15) is 89.3 Å². The molecule has 0 bridgehead atoms. The Bertz CT molecular complexity index is 2590. The molecule has 0 saturated heterocycles. The number of pyridine rings is 1. The van der Waals surface area contributed by atoms with Crippen molar-refractivity contribution < 1.29 is 4.79 Å². The molecule has 0 aliphatic rings. The van der Waals surface area contributed by atoms with E-state index in [1.54, 1.807) is 0 Å². The Morgan fingerprint density at radius 3 is 1.39 bits per heavy atom. The summed E-state index contributed by atoms with van der Waals surface area (Å²) in [6, 6.07) is 56.6. The van der Waals surface area contributed by atoms with Crippen molar-refractivity contribution in [2.45, 2.75) is 59.3 Å². The molecule has 0 saturated carbocycles. The minimum atomic E-state index is 0.814. The van der Waals surface area contributed by atoms with Gasteiger partial charge in [-0.25, -0.2) is 0 Å². The number of benzene rings is 6. The fraction of sp³-hybridized carbons (Fsp3) is 0.167. The highest BCUT2D eigenvalue weighted by Crippen LogP contribution is 2.39. The number of hydrogen-bond acceptors (Lipinski definition) is 1. The van der Waals surface area contributed by atoms with E-state index in [2.05, 4.69) is 189 Å². The Hall–Kier alpha value is -6.25. The number of aryl methyl sites for hydroxylation is 2. The van der Waals surface area contributed by atoms with Gasteiger partial charge in [-0.15, -0.1) is 0 Å². The van der Waals surface area contributed by atoms with E-state index in [1.165, 1.54) is 55.7 Å². The van der Waals surface area contributed by atoms with Crippen LogP contribution in [0.15, 0.2) is 164 Å². The molecule has 276 valence electrons. The summed E-state index contributed by atoms with van der Waals surface area (Å²) in [5, 5.41) is 1.03. The van der Waals surface area contributed by atoms with Gasteiger partial charge in [-0.1, -0.05) is 186 Å². The number of fused-ring (bicyclic) bond motifs is 3. The van der Waals surface area contributed by atoms with Crippen LogP contribution < -0.4 is 0 Å². The van der Waals surface area contributed by atoms with Crippen LogP contribution in [0, 0.1) is 0 Å². The third kappa shape index (κ3) is 7.04. The van der Waals surface area contributed by atoms with Crippen LogP contribution in [0.5, 0.6) is 0 Å². The maximum Gasteiger partial charge on any atom is 0.152 e. The third-order valence-electron chi connectivity index (χ3n) is 11.2. The highest BCUT2D eigenvalue weighted by atomic mass is 16.1. The summed E-state index contributed by atoms with van der Waals surface area (Å²) in [6.45, 7) is 6.75. The molecule has 0 aliphatic carbocycles. The van der Waals surface area contributed by atoms with Gasteiger partial charge < -0.3 is 4.40 Å². The van der Waals surface area contributed by atoms with Crippen molar-refractivity contribution >= 4 is 33.9 Å². The summed E-state index contributed by atoms with van der Waals surface area (Å²) in [6.07, 6.45) is 9.74. The summed E-state index contributed by atoms with van der Waals surface area (Å²) >= 11 is 0. The summed E-state index contributed by atoms with van der Waals surface area (Å²) in [5.74, 6) is 0. The van der Waals surface area contributed by atoms with Crippen LogP contribution in [0.2, 0.25) is 0 Å². The van der Waals surface area contributed by atoms with E-state index >= 15 is 0 Å². The van der Waals surface area contributed by atoms with Crippen molar-refractivity contribution in [2.75, 3.05) is 0 Å². The molecule has 0 radical (unpaired) electrons. The van der Waals surface area contributed by atoms with Crippen LogP contribution in [0.4, 0.5) is 0 Å². The molecule has 8 rings (SSSR count). The molecular weight excluding hydrogens is 679 g/mol. The number of aromatic nitrogens is 1. The smallest absolute Gasteiger partial charge is 0.152 e. The zero-order valence-corrected chi connectivity index (χ0v) is 32.8. The summed E-state index contributed by atoms with van der Waals surface area (Å²) in [7, 11) is 0. The molecule has 0 spiro atoms. The van der Waals surface area contributed by atoms with E-state index in [0.29, 0.717) is 0 Å². The topological polar surface area (TPSA) is 21.5 Å². The average molecular weight is 728 g/mol. The lowest BCUT2D eigenvalue weighted by atomic mass is 9.85. The van der Waals surface area contributed by atoms with Gasteiger partial charge in [0.05, 0.1) is 11.0 Å². The van der Waals surface area contributed by atoms with Crippen LogP contribution in [0.3, 0.4) is 0 Å². The predicted octanol–water partition coefficient (Wildman–Crippen LogP) is 14.1. The molecule has 2 nitrogen and oxygen atoms in total. The van der Waals surface area contributed by atoms with E-state index in [9.17, 15) is 4.79 Å². The zero-order chi connectivity index (χ0) is 38.4. The van der Waals surface area contributed by atoms with Gasteiger partial charge in [-0.05, 0) is 104 Å². The molecule has 6 aromatic carbocycles. The van der Waals surface area contributed by atoms with Gasteiger partial charge in [0.2, 0.25) is 0 Å². The van der Waals surface area contributed by atoms with E-state index in [-0.39, 0.29) is 0 Å². The third-order valence-corrected chi connectivity index (χ3v) is 11.2. The van der Waals surface area contributed by atoms with Crippen molar-refractivity contribution in [1.82, 2.24) is 4.40 Å². The fourth-order valence-electron chi connectivity index (χ4n) is 8.63. The minimum absolute atomic E-state index is 0.814. The molecule has 2 heterocycles. The molecule has 0 amide bonds. The first kappa shape index (κ1) is 36.7. The number of carbonyl (C=O) groups is 1. The summed E-state index contributed by atoms with van der Waals surface area (Å²) < 4.78 is 2.31. The Labute approximate surface area is 331 Å². The SMILES string of the molecule is CCCc1cn2c(c(CCC)c1CCC)c(C=O)c1cc(-c3ccc(-c4ccc(C(=C(c5ccccc5)c5ccccc5)c5ccccc5)cc4)cc3)ccc12. The lowest BCUT2D eigenvalue weighted by Crippen LogP contribution is -2.06. The highest BCUT2D eigenvalue weighted by Gasteiger charge is 2.21. The van der Waals surface area contributed by atoms with Gasteiger partial charge in [-0.2, -0.15) is 0 Å². The van der Waals surface area contributed by atoms with Gasteiger partial charge in [0.25, 0.3) is 0 Å². The van der Waals surface area contributed by atoms with E-state index < -0.39 is 0 Å². The molecule has 8 aromatic rings. The number of rotatable bonds is 13. The Kier molecular flexibility index (Phi) is 10.9. The number of aldehydes is 1. The molecule has 0 aliphatic heterocycles. The van der Waals surface area contributed by atoms with Gasteiger partial charge in [0.1, 0.15) is 0 Å². The molecule has 0 fully saturated rings. The zero-order valence-electron chi connectivity index (χ0n) is 32.8. The van der Waals surface area contributed by atoms with Crippen molar-refractivity contribution in [3.63, 3.8) is 0 Å². The normalized spacial score (nSPS) is 11.3. The molecule has 0 atom stereocenters. The average Bonchev–Trinajstić information content (AvgIpc) is 3.57. The Morgan fingerprint density at radius 1 is 0.482 bits per heavy atom. The van der Waals surface area contributed by atoms with Gasteiger partial charge >= 0.3 is 0 Å². The van der Waals surface area contributed by atoms with Crippen LogP contribution in [0.25, 0.3) is 49.8 Å². The molecule has 2 heteroatoms. The number of nitrogens with zero attached hydrogens (tertiary/aromatic N) is 1. The second-order valence-corrected chi connectivity index (χ2v) is 14.8. The quantitative estimate of drug-likeness (QED) is 0.0856. The Morgan fingerprint density at radius 2 is 0.911 bits per heavy atom. The Balaban J connectivity index is 1.17. The van der Waals surface area contributed by atoms with E-state index in [1.807, 2.05) is 0 Å². The largest absolute Gasteiger partial charge is 0.315 e. The molecule has 0 unspecified atom stereocenters. The lowest BCUT2D eigenvalue weighted by molar-refractivity contribution is 0.112. The van der Waals surface area contributed by atoms with E-state index in [0.717, 1.165) is 83.5 Å². The maximum absolute atomic E-state index is 12.9. The summed E-state index contributed by atoms with van der Waals surface area (Å²) in [5.41, 5.74) is 19.0. The second-order valence-electron chi connectivity index (χ2n) is 14.8. The molecular formula is C54H49NO. The van der Waals surface area contributed by atoms with Gasteiger partial charge in [-0.3, -0.25) is 4.79 Å². The molecule has 2 aromatic heterocycles. The monoisotopic (exact) mass is 727 g/mol. The standard InChI is InChI=1S/C54H49NO/c1-4-16-46-36-55-51-34-33-45(35-49(51)50(37-56)54(55)48(18-6-3)47(46)17-5-2)40-27-25-38(26-28-40)39-29-31-44(32-30-39)53(43-23-14-9-15-24-43)52(41-19-10-7-11-20-41)42-21-12-8-13-22-42/h7-15,19-37H,4-6,16-18H2,1-3H3. The van der Waals surface area contributed by atoms with Crippen molar-refractivity contribution in [1.29, 1.82) is 0 Å². The predicted molar refractivity (Wildman–Crippen MR) is 237 cm³/mol. The lowest BCUT2D eigenvalue weighted by Gasteiger charge is -2.18. The van der Waals surface area contributed by atoms with Crippen LogP contribution in [-0.2, 0) is 19.3 Å². The van der Waals surface area contributed by atoms with Crippen molar-refractivity contribution in [2.24, 2.45) is 0 Å². The molecule has 56 heavy (non-hydrogen) atoms. The maximum atomic E-state index is 12.9. The van der Waals surface area contributed by atoms with Crippen LogP contribution in [-0.4, -0.2) is 10.7 Å². The van der Waals surface area contributed by atoms with E-state index in [4.69, 9.17) is 0 Å². The first-order valence-electron chi connectivity index (χ1n) is 20.3. The first-order chi connectivity index (χ1) is 27.6. The highest BCUT2D eigenvalue weighted by molar-refractivity contribution is 6.08. The second kappa shape index (κ2) is 16.6. The number of carbonyl (C=O) groups excluding carboxylic acids is 1. The molecule has 0 N–H and O–H groups in total. The minimum Gasteiger partial charge on any atom is -0.315 e. The summed E-state index contributed by atoms with van der Waals surface area (Å²) in [4.78, 5) is 12.9. The van der Waals surface area contributed by atoms with Crippen molar-refractivity contribution in [3.8, 4) is 22.3 Å². The van der Waals surface area contributed by atoms with Gasteiger partial charge in [0.15, 0.2) is 6.29 Å². The number of hydrogen-bond donors (Lipinski definition) is 0. The van der Waals surface area contributed by atoms with Gasteiger partial charge in [0, 0.05) is 17.1 Å². The van der Waals surface area contributed by atoms with Crippen molar-refractivity contribution in [3.05, 3.63) is 208 Å².